The van der Waals surface area contributed by atoms with E-state index in [1.54, 1.807) is 24.3 Å². The summed E-state index contributed by atoms with van der Waals surface area (Å²) in [7, 11) is 0. The topological polar surface area (TPSA) is 59.0 Å². The van der Waals surface area contributed by atoms with E-state index >= 15 is 0 Å². The van der Waals surface area contributed by atoms with Crippen molar-refractivity contribution in [2.75, 3.05) is 9.80 Å². The van der Waals surface area contributed by atoms with E-state index in [0.29, 0.717) is 66.6 Å². The molecular weight excluding hydrogens is 1070 g/mol. The molecule has 16 aromatic rings. The first-order valence-corrected chi connectivity index (χ1v) is 27.8. The zero-order valence-electron chi connectivity index (χ0n) is 45.4. The van der Waals surface area contributed by atoms with Crippen molar-refractivity contribution in [3.05, 3.63) is 216 Å². The van der Waals surface area contributed by atoms with Crippen LogP contribution in [-0.4, -0.2) is 0 Å². The third-order valence-electron chi connectivity index (χ3n) is 17.0. The van der Waals surface area contributed by atoms with Gasteiger partial charge in [-0.25, -0.2) is 0 Å². The van der Waals surface area contributed by atoms with Crippen molar-refractivity contribution in [3.63, 3.8) is 0 Å². The van der Waals surface area contributed by atoms with Crippen molar-refractivity contribution in [2.24, 2.45) is 0 Å². The highest BCUT2D eigenvalue weighted by Crippen LogP contribution is 2.56. The summed E-state index contributed by atoms with van der Waals surface area (Å²) in [5, 5.41) is 10.7. The highest BCUT2D eigenvalue weighted by atomic mass is 19.4. The fourth-order valence-electron chi connectivity index (χ4n) is 13.3. The molecule has 0 atom stereocenters. The zero-order chi connectivity index (χ0) is 57.2. The van der Waals surface area contributed by atoms with Gasteiger partial charge in [0.2, 0.25) is 0 Å². The number of halogens is 6. The van der Waals surface area contributed by atoms with Gasteiger partial charge in [-0.15, -0.1) is 0 Å². The molecule has 0 fully saturated rings. The quantitative estimate of drug-likeness (QED) is 0.112. The number of furan rings is 4. The number of benzene rings is 12. The third kappa shape index (κ3) is 7.12. The van der Waals surface area contributed by atoms with Gasteiger partial charge < -0.3 is 27.5 Å². The lowest BCUT2D eigenvalue weighted by molar-refractivity contribution is -0.137. The summed E-state index contributed by atoms with van der Waals surface area (Å²) in [6.07, 6.45) is -9.38. The predicted molar refractivity (Wildman–Crippen MR) is 327 cm³/mol. The van der Waals surface area contributed by atoms with Crippen LogP contribution in [0.1, 0.15) is 61.8 Å². The molecule has 12 aromatic carbocycles. The highest BCUT2D eigenvalue weighted by molar-refractivity contribution is 6.31. The van der Waals surface area contributed by atoms with Crippen LogP contribution in [0.25, 0.3) is 120 Å². The number of anilines is 6. The van der Waals surface area contributed by atoms with Crippen molar-refractivity contribution in [2.45, 2.75) is 51.9 Å². The van der Waals surface area contributed by atoms with Gasteiger partial charge in [0.1, 0.15) is 22.3 Å². The number of hydrogen-bond donors (Lipinski definition) is 0. The maximum absolute atomic E-state index is 14.9. The summed E-state index contributed by atoms with van der Waals surface area (Å²) in [5.74, 6) is -0.0981. The molecule has 84 heavy (non-hydrogen) atoms. The first kappa shape index (κ1) is 49.8. The van der Waals surface area contributed by atoms with Gasteiger partial charge in [-0.1, -0.05) is 161 Å². The molecule has 0 bridgehead atoms. The van der Waals surface area contributed by atoms with Crippen LogP contribution < -0.4 is 9.80 Å². The zero-order valence-corrected chi connectivity index (χ0v) is 45.4. The average molecular weight is 1120 g/mol. The third-order valence-corrected chi connectivity index (χ3v) is 17.0. The molecule has 0 saturated heterocycles. The van der Waals surface area contributed by atoms with Crippen LogP contribution in [0.3, 0.4) is 0 Å². The minimum Gasteiger partial charge on any atom is -0.454 e. The maximum atomic E-state index is 14.9. The Labute approximate surface area is 474 Å². The molecule has 6 nitrogen and oxygen atoms in total. The molecule has 4 aromatic heterocycles. The average Bonchev–Trinajstić information content (AvgIpc) is 2.24. The van der Waals surface area contributed by atoms with Crippen molar-refractivity contribution < 1.29 is 44.0 Å². The van der Waals surface area contributed by atoms with Crippen LogP contribution in [0.15, 0.2) is 212 Å². The smallest absolute Gasteiger partial charge is 0.420 e. The summed E-state index contributed by atoms with van der Waals surface area (Å²) < 4.78 is 116. The number of para-hydroxylation sites is 8. The molecule has 0 aliphatic carbocycles. The number of nitrogens with zero attached hydrogens (tertiary/aromatic N) is 2. The van der Waals surface area contributed by atoms with Gasteiger partial charge in [0.15, 0.2) is 22.3 Å². The molecule has 0 aliphatic rings. The van der Waals surface area contributed by atoms with Crippen LogP contribution in [0.4, 0.5) is 60.5 Å². The summed E-state index contributed by atoms with van der Waals surface area (Å²) in [6.45, 7) is 8.60. The Morgan fingerprint density at radius 3 is 0.940 bits per heavy atom. The van der Waals surface area contributed by atoms with E-state index in [1.165, 1.54) is 12.1 Å². The fourth-order valence-corrected chi connectivity index (χ4v) is 13.3. The number of fused-ring (bicyclic) bond motifs is 12. The second-order valence-corrected chi connectivity index (χ2v) is 22.4. The SMILES string of the molecule is CC(C)c1cc(N(c2cccc3c2oc2ccccc23)c2cccc3c2oc2c(C(F)(F)F)cccc23)c2ccc3c(C(C)C)cc(N(c4cccc5c4oc4ccccc45)c4cccc5c4oc4c(C(F)(F)F)cccc45)c4ccc1c2c34. The summed E-state index contributed by atoms with van der Waals surface area (Å²) in [6, 6.07) is 59.8. The molecular formula is C72H46F6N2O4. The molecule has 0 N–H and O–H groups in total. The van der Waals surface area contributed by atoms with E-state index in [-0.39, 0.29) is 34.2 Å². The molecule has 0 radical (unpaired) electrons. The Kier molecular flexibility index (Phi) is 10.6. The second-order valence-electron chi connectivity index (χ2n) is 22.4. The highest BCUT2D eigenvalue weighted by Gasteiger charge is 2.38. The molecule has 12 heteroatoms. The van der Waals surface area contributed by atoms with Gasteiger partial charge in [0.25, 0.3) is 0 Å². The van der Waals surface area contributed by atoms with E-state index in [0.717, 1.165) is 88.5 Å². The Bertz CT molecular complexity index is 5070. The Morgan fingerprint density at radius 1 is 0.286 bits per heavy atom. The van der Waals surface area contributed by atoms with Crippen molar-refractivity contribution >= 4 is 154 Å². The minimum atomic E-state index is -4.69. The van der Waals surface area contributed by atoms with E-state index in [2.05, 4.69) is 73.9 Å². The molecule has 0 spiro atoms. The van der Waals surface area contributed by atoms with Crippen LogP contribution >= 0.6 is 0 Å². The van der Waals surface area contributed by atoms with Crippen LogP contribution in [0.5, 0.6) is 0 Å². The van der Waals surface area contributed by atoms with Crippen molar-refractivity contribution in [1.29, 1.82) is 0 Å². The van der Waals surface area contributed by atoms with E-state index in [1.807, 2.05) is 109 Å². The number of hydrogen-bond acceptors (Lipinski definition) is 6. The van der Waals surface area contributed by atoms with E-state index in [9.17, 15) is 26.3 Å². The Balaban J connectivity index is 1.05. The van der Waals surface area contributed by atoms with E-state index in [4.69, 9.17) is 17.7 Å². The predicted octanol–water partition coefficient (Wildman–Crippen LogP) is 23.4. The molecule has 410 valence electrons. The molecule has 16 rings (SSSR count). The van der Waals surface area contributed by atoms with Gasteiger partial charge in [-0.05, 0) is 105 Å². The normalized spacial score (nSPS) is 12.9. The minimum absolute atomic E-state index is 0.0491. The number of rotatable bonds is 8. The van der Waals surface area contributed by atoms with Gasteiger partial charge in [-0.2, -0.15) is 26.3 Å². The Hall–Kier alpha value is -9.94. The van der Waals surface area contributed by atoms with Crippen molar-refractivity contribution in [1.82, 2.24) is 0 Å². The number of alkyl halides is 6. The van der Waals surface area contributed by atoms with Crippen LogP contribution in [0.2, 0.25) is 0 Å². The molecule has 0 saturated carbocycles. The van der Waals surface area contributed by atoms with Gasteiger partial charge in [-0.3, -0.25) is 0 Å². The summed E-state index contributed by atoms with van der Waals surface area (Å²) in [4.78, 5) is 4.16. The molecule has 0 amide bonds. The molecule has 0 unspecified atom stereocenters. The lowest BCUT2D eigenvalue weighted by Gasteiger charge is -2.31. The fraction of sp³-hybridized carbons (Fsp3) is 0.111. The van der Waals surface area contributed by atoms with Gasteiger partial charge >= 0.3 is 12.4 Å². The Morgan fingerprint density at radius 2 is 0.583 bits per heavy atom. The lowest BCUT2D eigenvalue weighted by Crippen LogP contribution is -2.13. The standard InChI is InChI=1S/C72H46F6N2O4/c1-37(2)51-35-59(79(55-25-11-19-43-39-15-5-7-29-61(39)81-67(43)55)57-27-13-21-47-45-17-9-23-53(71(73,74)75)65(45)83-69(47)57)49-34-32-42-52(38(3)4)36-60(50-33-31-41(51)63(49)64(42)50)80(56-26-12-20-44-40-16-6-8-30-62(40)82-68(44)56)58-28-14-22-48-46-18-10-24-54(72(76,77)78)66(46)84-70(48)58/h5-38H,1-4H3. The summed E-state index contributed by atoms with van der Waals surface area (Å²) in [5.41, 5.74) is 6.49. The first-order valence-electron chi connectivity index (χ1n) is 27.8. The summed E-state index contributed by atoms with van der Waals surface area (Å²) >= 11 is 0. The monoisotopic (exact) mass is 1120 g/mol. The molecule has 0 aliphatic heterocycles. The van der Waals surface area contributed by atoms with Gasteiger partial charge in [0.05, 0.1) is 45.3 Å². The lowest BCUT2D eigenvalue weighted by atomic mass is 9.84. The van der Waals surface area contributed by atoms with E-state index < -0.39 is 23.5 Å². The van der Waals surface area contributed by atoms with Crippen LogP contribution in [-0.2, 0) is 12.4 Å². The van der Waals surface area contributed by atoms with Crippen molar-refractivity contribution in [3.8, 4) is 0 Å². The first-order chi connectivity index (χ1) is 40.6. The molecule has 4 heterocycles. The van der Waals surface area contributed by atoms with Gasteiger partial charge in [0, 0.05) is 53.9 Å². The largest absolute Gasteiger partial charge is 0.454 e. The maximum Gasteiger partial charge on any atom is 0.420 e. The second kappa shape index (κ2) is 17.8. The van der Waals surface area contributed by atoms with Crippen LogP contribution in [0, 0.1) is 0 Å².